The van der Waals surface area contributed by atoms with Crippen LogP contribution in [0.3, 0.4) is 0 Å². The Morgan fingerprint density at radius 3 is 2.38 bits per heavy atom. The summed E-state index contributed by atoms with van der Waals surface area (Å²) in [7, 11) is 1.58. The molecule has 0 saturated carbocycles. The molecule has 1 fully saturated rings. The Morgan fingerprint density at radius 2 is 1.69 bits per heavy atom. The number of aromatic amines is 1. The number of ether oxygens (including phenoxy) is 1. The summed E-state index contributed by atoms with van der Waals surface area (Å²) in [5.74, 6) is -2.02. The lowest BCUT2D eigenvalue weighted by atomic mass is 9.89. The van der Waals surface area contributed by atoms with Crippen molar-refractivity contribution < 1.29 is 29.0 Å². The molecule has 3 heterocycles. The van der Waals surface area contributed by atoms with Gasteiger partial charge in [0.25, 0.3) is 11.8 Å². The molecule has 0 aliphatic carbocycles. The van der Waals surface area contributed by atoms with E-state index < -0.39 is 41.9 Å². The van der Waals surface area contributed by atoms with Crippen molar-refractivity contribution in [3.8, 4) is 5.75 Å². The second-order valence-corrected chi connectivity index (χ2v) is 10.9. The van der Waals surface area contributed by atoms with Gasteiger partial charge in [-0.1, -0.05) is 56.3 Å². The van der Waals surface area contributed by atoms with Crippen LogP contribution in [0, 0.1) is 5.92 Å². The van der Waals surface area contributed by atoms with Crippen molar-refractivity contribution in [2.24, 2.45) is 5.92 Å². The van der Waals surface area contributed by atoms with E-state index in [4.69, 9.17) is 4.74 Å². The third-order valence-electron chi connectivity index (χ3n) is 8.09. The Morgan fingerprint density at radius 1 is 1.00 bits per heavy atom. The van der Waals surface area contributed by atoms with Gasteiger partial charge in [-0.2, -0.15) is 0 Å². The van der Waals surface area contributed by atoms with Crippen LogP contribution in [-0.2, 0) is 16.0 Å². The highest BCUT2D eigenvalue weighted by Crippen LogP contribution is 2.45. The lowest BCUT2D eigenvalue weighted by molar-refractivity contribution is -0.140. The molecule has 0 spiro atoms. The predicted molar refractivity (Wildman–Crippen MR) is 156 cm³/mol. The zero-order valence-electron chi connectivity index (χ0n) is 23.3. The minimum atomic E-state index is -1.17. The average Bonchev–Trinajstić information content (AvgIpc) is 3.48. The van der Waals surface area contributed by atoms with E-state index in [1.165, 1.54) is 12.1 Å². The number of carbonyl (C=O) groups is 4. The van der Waals surface area contributed by atoms with Crippen LogP contribution in [0.4, 0.5) is 10.5 Å². The maximum Gasteiger partial charge on any atom is 0.332 e. The van der Waals surface area contributed by atoms with Gasteiger partial charge in [0.1, 0.15) is 23.9 Å². The van der Waals surface area contributed by atoms with Crippen LogP contribution in [0.15, 0.2) is 72.8 Å². The standard InChI is InChI=1S/C32H30N4O6/c1-17(2)26(31(39)40)34-29(37)21-9-5-7-11-24(21)36-30(38)25-16-22-20-8-4-6-10-23(20)33-27(22)28(35(25)32(36)41)18-12-14-19(42-3)15-13-18/h4-15,17,25-26,28,33H,16H2,1-3H3,(H,34,37)(H,39,40)/t25-,26-,28?/m0/s1. The number of anilines is 1. The molecule has 6 rings (SSSR count). The summed E-state index contributed by atoms with van der Waals surface area (Å²) >= 11 is 0. The molecule has 10 heteroatoms. The van der Waals surface area contributed by atoms with E-state index in [0.29, 0.717) is 12.2 Å². The fourth-order valence-electron chi connectivity index (χ4n) is 6.02. The lowest BCUT2D eigenvalue weighted by Crippen LogP contribution is -2.45. The largest absolute Gasteiger partial charge is 0.497 e. The number of hydrogen-bond acceptors (Lipinski definition) is 5. The van der Waals surface area contributed by atoms with Gasteiger partial charge in [-0.3, -0.25) is 14.5 Å². The number of imide groups is 1. The number of hydrogen-bond donors (Lipinski definition) is 3. The van der Waals surface area contributed by atoms with Crippen LogP contribution in [0.1, 0.15) is 47.1 Å². The molecule has 0 bridgehead atoms. The van der Waals surface area contributed by atoms with E-state index >= 15 is 0 Å². The molecule has 10 nitrogen and oxygen atoms in total. The number of urea groups is 1. The van der Waals surface area contributed by atoms with Gasteiger partial charge < -0.3 is 20.1 Å². The Hall–Kier alpha value is -5.12. The topological polar surface area (TPSA) is 132 Å². The van der Waals surface area contributed by atoms with Gasteiger partial charge in [-0.05, 0) is 47.4 Å². The predicted octanol–water partition coefficient (Wildman–Crippen LogP) is 4.50. The number of carbonyl (C=O) groups excluding carboxylic acids is 3. The van der Waals surface area contributed by atoms with Crippen molar-refractivity contribution in [3.05, 3.63) is 95.2 Å². The molecule has 3 N–H and O–H groups in total. The summed E-state index contributed by atoms with van der Waals surface area (Å²) in [6, 6.07) is 18.4. The number of H-pyrrole nitrogens is 1. The zero-order chi connectivity index (χ0) is 29.7. The molecule has 3 atom stereocenters. The van der Waals surface area contributed by atoms with Gasteiger partial charge >= 0.3 is 12.0 Å². The number of methoxy groups -OCH3 is 1. The first-order chi connectivity index (χ1) is 20.2. The molecule has 214 valence electrons. The normalized spacial score (nSPS) is 18.7. The van der Waals surface area contributed by atoms with Crippen molar-refractivity contribution in [2.45, 2.75) is 38.4 Å². The minimum Gasteiger partial charge on any atom is -0.497 e. The van der Waals surface area contributed by atoms with E-state index in [9.17, 15) is 24.3 Å². The summed E-state index contributed by atoms with van der Waals surface area (Å²) in [5.41, 5.74) is 3.64. The maximum atomic E-state index is 14.3. The number of aromatic nitrogens is 1. The minimum absolute atomic E-state index is 0.0379. The summed E-state index contributed by atoms with van der Waals surface area (Å²) < 4.78 is 5.34. The number of para-hydroxylation sites is 2. The molecule has 3 aromatic carbocycles. The van der Waals surface area contributed by atoms with Crippen LogP contribution in [0.2, 0.25) is 0 Å². The van der Waals surface area contributed by atoms with Crippen molar-refractivity contribution in [1.82, 2.24) is 15.2 Å². The molecule has 2 aliphatic rings. The van der Waals surface area contributed by atoms with E-state index in [2.05, 4.69) is 10.3 Å². The number of benzene rings is 3. The lowest BCUT2D eigenvalue weighted by Gasteiger charge is -2.36. The number of aliphatic carboxylic acids is 1. The van der Waals surface area contributed by atoms with Gasteiger partial charge in [0, 0.05) is 23.0 Å². The maximum absolute atomic E-state index is 14.3. The van der Waals surface area contributed by atoms with Gasteiger partial charge in [0.2, 0.25) is 0 Å². The molecule has 4 aromatic rings. The number of fused-ring (bicyclic) bond motifs is 4. The Labute approximate surface area is 241 Å². The Bertz CT molecular complexity index is 1730. The van der Waals surface area contributed by atoms with Crippen molar-refractivity contribution >= 4 is 40.4 Å². The Balaban J connectivity index is 1.44. The summed E-state index contributed by atoms with van der Waals surface area (Å²) in [4.78, 5) is 59.6. The molecule has 2 aliphatic heterocycles. The highest BCUT2D eigenvalue weighted by atomic mass is 16.5. The van der Waals surface area contributed by atoms with E-state index in [0.717, 1.165) is 32.6 Å². The zero-order valence-corrected chi connectivity index (χ0v) is 23.3. The van der Waals surface area contributed by atoms with Gasteiger partial charge in [0.15, 0.2) is 0 Å². The highest BCUT2D eigenvalue weighted by Gasteiger charge is 2.53. The SMILES string of the molecule is COc1ccc(C2c3[nH]c4ccccc4c3C[C@H]3C(=O)N(c4ccccc4C(=O)N[C@H](C(=O)O)C(C)C)C(=O)N23)cc1. The van der Waals surface area contributed by atoms with E-state index in [1.54, 1.807) is 38.0 Å². The fourth-order valence-corrected chi connectivity index (χ4v) is 6.02. The first kappa shape index (κ1) is 27.1. The summed E-state index contributed by atoms with van der Waals surface area (Å²) in [6.07, 6.45) is 0.301. The number of nitrogens with zero attached hydrogens (tertiary/aromatic N) is 2. The highest BCUT2D eigenvalue weighted by molar-refractivity contribution is 6.24. The third kappa shape index (κ3) is 4.27. The van der Waals surface area contributed by atoms with Crippen LogP contribution in [0.25, 0.3) is 10.9 Å². The molecule has 1 saturated heterocycles. The molecule has 0 radical (unpaired) electrons. The summed E-state index contributed by atoms with van der Waals surface area (Å²) in [6.45, 7) is 3.38. The number of carboxylic acids is 1. The molecule has 1 aromatic heterocycles. The van der Waals surface area contributed by atoms with Crippen LogP contribution in [0.5, 0.6) is 5.75 Å². The van der Waals surface area contributed by atoms with Crippen LogP contribution in [-0.4, -0.2) is 58.0 Å². The molecular formula is C32H30N4O6. The van der Waals surface area contributed by atoms with Gasteiger partial charge in [0.05, 0.1) is 18.4 Å². The smallest absolute Gasteiger partial charge is 0.332 e. The van der Waals surface area contributed by atoms with Gasteiger partial charge in [-0.25, -0.2) is 14.5 Å². The molecule has 4 amide bonds. The van der Waals surface area contributed by atoms with Crippen molar-refractivity contribution in [2.75, 3.05) is 12.0 Å². The first-order valence-electron chi connectivity index (χ1n) is 13.7. The number of nitrogens with one attached hydrogen (secondary N) is 2. The number of amides is 4. The number of carboxylic acid groups (broad SMARTS) is 1. The average molecular weight is 567 g/mol. The molecule has 1 unspecified atom stereocenters. The quantitative estimate of drug-likeness (QED) is 0.282. The van der Waals surface area contributed by atoms with E-state index in [-0.39, 0.29) is 17.2 Å². The number of rotatable bonds is 7. The van der Waals surface area contributed by atoms with Gasteiger partial charge in [-0.15, -0.1) is 0 Å². The fraction of sp³-hybridized carbons (Fsp3) is 0.250. The second kappa shape index (κ2) is 10.4. The van der Waals surface area contributed by atoms with E-state index in [1.807, 2.05) is 48.5 Å². The Kier molecular flexibility index (Phi) is 6.68. The first-order valence-corrected chi connectivity index (χ1v) is 13.7. The summed E-state index contributed by atoms with van der Waals surface area (Å²) in [5, 5.41) is 13.1. The van der Waals surface area contributed by atoms with Crippen LogP contribution >= 0.6 is 0 Å². The third-order valence-corrected chi connectivity index (χ3v) is 8.09. The molecular weight excluding hydrogens is 536 g/mol. The van der Waals surface area contributed by atoms with Crippen LogP contribution < -0.4 is 15.0 Å². The monoisotopic (exact) mass is 566 g/mol. The van der Waals surface area contributed by atoms with Crippen molar-refractivity contribution in [3.63, 3.8) is 0 Å². The molecule has 42 heavy (non-hydrogen) atoms. The van der Waals surface area contributed by atoms with Crippen molar-refractivity contribution in [1.29, 1.82) is 0 Å². The second-order valence-electron chi connectivity index (χ2n) is 10.9.